The first-order valence-corrected chi connectivity index (χ1v) is 9.76. The first-order chi connectivity index (χ1) is 14.1. The van der Waals surface area contributed by atoms with Crippen molar-refractivity contribution in [2.75, 3.05) is 7.11 Å². The Morgan fingerprint density at radius 1 is 1.03 bits per heavy atom. The molecule has 0 amide bonds. The molecule has 1 heterocycles. The van der Waals surface area contributed by atoms with Crippen LogP contribution in [0.15, 0.2) is 54.6 Å². The largest absolute Gasteiger partial charge is 0.465 e. The summed E-state index contributed by atoms with van der Waals surface area (Å²) in [5, 5.41) is 0.878. The number of carbonyl (C=O) groups excluding carboxylic acids is 2. The molecule has 0 N–H and O–H groups in total. The summed E-state index contributed by atoms with van der Waals surface area (Å²) in [6.07, 6.45) is 2.53. The van der Waals surface area contributed by atoms with Crippen LogP contribution in [0.25, 0.3) is 10.9 Å². The maximum atomic E-state index is 13.1. The molecule has 5 heteroatoms. The molecule has 1 aliphatic carbocycles. The summed E-state index contributed by atoms with van der Waals surface area (Å²) in [7, 11) is 1.34. The van der Waals surface area contributed by atoms with Gasteiger partial charge in [-0.05, 0) is 37.0 Å². The number of benzene rings is 2. The normalized spacial score (nSPS) is 14.8. The fourth-order valence-electron chi connectivity index (χ4n) is 4.09. The summed E-state index contributed by atoms with van der Waals surface area (Å²) in [6, 6.07) is 17.3. The van der Waals surface area contributed by atoms with Gasteiger partial charge in [-0.25, -0.2) is 9.78 Å². The van der Waals surface area contributed by atoms with Crippen LogP contribution in [0, 0.1) is 6.92 Å². The Hall–Kier alpha value is -3.21. The van der Waals surface area contributed by atoms with Crippen LogP contribution in [0.3, 0.4) is 0 Å². The molecule has 29 heavy (non-hydrogen) atoms. The molecule has 1 fully saturated rings. The van der Waals surface area contributed by atoms with E-state index in [1.807, 2.05) is 61.5 Å². The van der Waals surface area contributed by atoms with Gasteiger partial charge in [0.1, 0.15) is 6.61 Å². The number of hydrogen-bond donors (Lipinski definition) is 0. The summed E-state index contributed by atoms with van der Waals surface area (Å²) in [5.74, 6) is -0.744. The molecular formula is C24H23NO4. The Morgan fingerprint density at radius 2 is 1.72 bits per heavy atom. The summed E-state index contributed by atoms with van der Waals surface area (Å²) >= 11 is 0. The SMILES string of the molecule is COC(=O)c1c(COC(=O)C2(c3ccccc3)CCC2)nc2ccccc2c1C. The average molecular weight is 389 g/mol. The molecule has 0 saturated heterocycles. The standard InChI is InChI=1S/C24H23NO4/c1-16-18-11-6-7-12-19(18)25-20(21(16)22(26)28-2)15-29-23(27)24(13-8-14-24)17-9-4-3-5-10-17/h3-7,9-12H,8,13-15H2,1-2H3. The summed E-state index contributed by atoms with van der Waals surface area (Å²) in [4.78, 5) is 30.1. The number of aromatic nitrogens is 1. The van der Waals surface area contributed by atoms with Crippen molar-refractivity contribution < 1.29 is 19.1 Å². The molecule has 0 aliphatic heterocycles. The molecule has 0 atom stereocenters. The minimum Gasteiger partial charge on any atom is -0.465 e. The molecule has 0 spiro atoms. The van der Waals surface area contributed by atoms with Gasteiger partial charge in [0.15, 0.2) is 0 Å². The highest BCUT2D eigenvalue weighted by Gasteiger charge is 2.47. The number of ether oxygens (including phenoxy) is 2. The maximum absolute atomic E-state index is 13.1. The van der Waals surface area contributed by atoms with Crippen molar-refractivity contribution in [1.29, 1.82) is 0 Å². The van der Waals surface area contributed by atoms with Gasteiger partial charge in [-0.2, -0.15) is 0 Å². The van der Waals surface area contributed by atoms with Crippen LogP contribution in [0.5, 0.6) is 0 Å². The second-order valence-electron chi connectivity index (χ2n) is 7.45. The summed E-state index contributed by atoms with van der Waals surface area (Å²) < 4.78 is 10.7. The Balaban J connectivity index is 1.66. The third-order valence-corrected chi connectivity index (χ3v) is 5.88. The number of carbonyl (C=O) groups is 2. The zero-order valence-corrected chi connectivity index (χ0v) is 16.6. The number of pyridine rings is 1. The molecule has 1 aromatic heterocycles. The first kappa shape index (κ1) is 19.1. The fraction of sp³-hybridized carbons (Fsp3) is 0.292. The highest BCUT2D eigenvalue weighted by molar-refractivity contribution is 5.98. The van der Waals surface area contributed by atoms with Crippen molar-refractivity contribution in [2.45, 2.75) is 38.2 Å². The van der Waals surface area contributed by atoms with Crippen molar-refractivity contribution in [3.05, 3.63) is 77.0 Å². The topological polar surface area (TPSA) is 65.5 Å². The Bertz CT molecular complexity index is 1070. The van der Waals surface area contributed by atoms with Gasteiger partial charge in [0.05, 0.1) is 29.3 Å². The predicted molar refractivity (Wildman–Crippen MR) is 110 cm³/mol. The third-order valence-electron chi connectivity index (χ3n) is 5.88. The molecule has 5 nitrogen and oxygen atoms in total. The lowest BCUT2D eigenvalue weighted by Crippen LogP contribution is -2.43. The van der Waals surface area contributed by atoms with Crippen molar-refractivity contribution in [3.63, 3.8) is 0 Å². The molecule has 1 aliphatic rings. The lowest BCUT2D eigenvalue weighted by Gasteiger charge is -2.39. The van der Waals surface area contributed by atoms with Gasteiger partial charge < -0.3 is 9.47 Å². The van der Waals surface area contributed by atoms with Crippen LogP contribution in [-0.2, 0) is 26.3 Å². The predicted octanol–water partition coefficient (Wildman–Crippen LogP) is 4.49. The van der Waals surface area contributed by atoms with Crippen LogP contribution in [0.2, 0.25) is 0 Å². The van der Waals surface area contributed by atoms with E-state index in [2.05, 4.69) is 4.98 Å². The van der Waals surface area contributed by atoms with Crippen molar-refractivity contribution in [3.8, 4) is 0 Å². The molecule has 4 rings (SSSR count). The number of para-hydroxylation sites is 1. The second-order valence-corrected chi connectivity index (χ2v) is 7.45. The van der Waals surface area contributed by atoms with E-state index in [1.54, 1.807) is 0 Å². The summed E-state index contributed by atoms with van der Waals surface area (Å²) in [5.41, 5.74) is 2.69. The fourth-order valence-corrected chi connectivity index (χ4v) is 4.09. The molecular weight excluding hydrogens is 366 g/mol. The Morgan fingerprint density at radius 3 is 2.38 bits per heavy atom. The van der Waals surface area contributed by atoms with E-state index in [0.717, 1.165) is 41.3 Å². The van der Waals surface area contributed by atoms with Gasteiger partial charge >= 0.3 is 11.9 Å². The van der Waals surface area contributed by atoms with E-state index in [1.165, 1.54) is 7.11 Å². The van der Waals surface area contributed by atoms with Crippen molar-refractivity contribution >= 4 is 22.8 Å². The van der Waals surface area contributed by atoms with Crippen molar-refractivity contribution in [1.82, 2.24) is 4.98 Å². The highest BCUT2D eigenvalue weighted by atomic mass is 16.5. The number of aryl methyl sites for hydroxylation is 1. The Kier molecular flexibility index (Phi) is 5.05. The molecule has 0 unspecified atom stereocenters. The molecule has 148 valence electrons. The van der Waals surface area contributed by atoms with Crippen LogP contribution in [0.4, 0.5) is 0 Å². The van der Waals surface area contributed by atoms with Crippen LogP contribution in [0.1, 0.15) is 46.4 Å². The monoisotopic (exact) mass is 389 g/mol. The highest BCUT2D eigenvalue weighted by Crippen LogP contribution is 2.44. The average Bonchev–Trinajstić information content (AvgIpc) is 2.72. The van der Waals surface area contributed by atoms with Crippen LogP contribution < -0.4 is 0 Å². The van der Waals surface area contributed by atoms with E-state index in [9.17, 15) is 9.59 Å². The summed E-state index contributed by atoms with van der Waals surface area (Å²) in [6.45, 7) is 1.79. The molecule has 0 bridgehead atoms. The van der Waals surface area contributed by atoms with Gasteiger partial charge in [-0.1, -0.05) is 55.0 Å². The van der Waals surface area contributed by atoms with Gasteiger partial charge in [0.2, 0.25) is 0 Å². The van der Waals surface area contributed by atoms with Crippen LogP contribution in [-0.4, -0.2) is 24.0 Å². The van der Waals surface area contributed by atoms with E-state index < -0.39 is 11.4 Å². The lowest BCUT2D eigenvalue weighted by molar-refractivity contribution is -0.156. The van der Waals surface area contributed by atoms with E-state index in [4.69, 9.17) is 9.47 Å². The van der Waals surface area contributed by atoms with Crippen LogP contribution >= 0.6 is 0 Å². The van der Waals surface area contributed by atoms with Gasteiger partial charge in [-0.3, -0.25) is 4.79 Å². The molecule has 1 saturated carbocycles. The molecule has 2 aromatic carbocycles. The Labute approximate surface area is 169 Å². The quantitative estimate of drug-likeness (QED) is 0.602. The number of rotatable bonds is 5. The van der Waals surface area contributed by atoms with Gasteiger partial charge in [0.25, 0.3) is 0 Å². The van der Waals surface area contributed by atoms with E-state index >= 15 is 0 Å². The smallest absolute Gasteiger partial charge is 0.340 e. The number of esters is 2. The molecule has 0 radical (unpaired) electrons. The maximum Gasteiger partial charge on any atom is 0.340 e. The zero-order chi connectivity index (χ0) is 20.4. The minimum absolute atomic E-state index is 0.0659. The van der Waals surface area contributed by atoms with E-state index in [-0.39, 0.29) is 12.6 Å². The van der Waals surface area contributed by atoms with Gasteiger partial charge in [0, 0.05) is 5.39 Å². The zero-order valence-electron chi connectivity index (χ0n) is 16.6. The van der Waals surface area contributed by atoms with Crippen molar-refractivity contribution in [2.24, 2.45) is 0 Å². The number of nitrogens with zero attached hydrogens (tertiary/aromatic N) is 1. The third kappa shape index (κ3) is 3.27. The second kappa shape index (κ2) is 7.66. The lowest BCUT2D eigenvalue weighted by atomic mass is 9.64. The van der Waals surface area contributed by atoms with E-state index in [0.29, 0.717) is 11.3 Å². The molecule has 3 aromatic rings. The number of hydrogen-bond acceptors (Lipinski definition) is 5. The minimum atomic E-state index is -0.599. The first-order valence-electron chi connectivity index (χ1n) is 9.76. The number of fused-ring (bicyclic) bond motifs is 1. The number of methoxy groups -OCH3 is 1. The van der Waals surface area contributed by atoms with Gasteiger partial charge in [-0.15, -0.1) is 0 Å².